The van der Waals surface area contributed by atoms with Gasteiger partial charge in [0, 0.05) is 49.0 Å². The minimum absolute atomic E-state index is 0.0542. The molecule has 36 heavy (non-hydrogen) atoms. The molecular weight excluding hydrogens is 460 g/mol. The lowest BCUT2D eigenvalue weighted by Gasteiger charge is -2.38. The summed E-state index contributed by atoms with van der Waals surface area (Å²) < 4.78 is 29.3. The van der Waals surface area contributed by atoms with Gasteiger partial charge in [0.2, 0.25) is 0 Å². The topological polar surface area (TPSA) is 48.6 Å². The molecule has 5 rings (SSSR count). The van der Waals surface area contributed by atoms with Crippen LogP contribution in [0, 0.1) is 0 Å². The lowest BCUT2D eigenvalue weighted by Crippen LogP contribution is -2.48. The Kier molecular flexibility index (Phi) is 6.74. The molecule has 3 aromatic carbocycles. The molecule has 186 valence electrons. The van der Waals surface area contributed by atoms with E-state index >= 15 is 0 Å². The van der Waals surface area contributed by atoms with Crippen LogP contribution in [0.4, 0.5) is 14.5 Å². The van der Waals surface area contributed by atoms with Gasteiger partial charge >= 0.3 is 6.61 Å². The Labute approximate surface area is 208 Å². The van der Waals surface area contributed by atoms with Crippen molar-refractivity contribution in [2.24, 2.45) is 0 Å². The van der Waals surface area contributed by atoms with Crippen molar-refractivity contribution in [1.29, 1.82) is 0 Å². The van der Waals surface area contributed by atoms with E-state index in [1.807, 2.05) is 18.2 Å². The Morgan fingerprint density at radius 1 is 0.806 bits per heavy atom. The highest BCUT2D eigenvalue weighted by Crippen LogP contribution is 2.28. The molecular formula is C29H29F2N3O2. The lowest BCUT2D eigenvalue weighted by atomic mass is 10.0. The van der Waals surface area contributed by atoms with Crippen molar-refractivity contribution in [1.82, 2.24) is 9.88 Å². The minimum Gasteiger partial charge on any atom is -0.435 e. The predicted octanol–water partition coefficient (Wildman–Crippen LogP) is 5.99. The first-order chi connectivity index (χ1) is 17.4. The number of hydrogen-bond donors (Lipinski definition) is 1. The smallest absolute Gasteiger partial charge is 0.387 e. The number of halogens is 2. The standard InChI is InChI=1S/C29H29F2N3O2/c1-19(2)33-13-15-34(16-14-33)24-8-3-20(4-9-24)22-7-12-27-23(17-22)18-26(28(35)32-27)21-5-10-25(11-6-21)36-29(30)31/h3-12,17-19,29H,13-16H2,1-2H3,(H,32,35). The summed E-state index contributed by atoms with van der Waals surface area (Å²) in [5.41, 5.74) is 4.99. The van der Waals surface area contributed by atoms with Crippen LogP contribution in [0.3, 0.4) is 0 Å². The van der Waals surface area contributed by atoms with Gasteiger partial charge in [-0.15, -0.1) is 0 Å². The van der Waals surface area contributed by atoms with Crippen molar-refractivity contribution in [2.45, 2.75) is 26.5 Å². The second-order valence-electron chi connectivity index (χ2n) is 9.38. The molecule has 1 fully saturated rings. The van der Waals surface area contributed by atoms with Crippen LogP contribution in [0.25, 0.3) is 33.2 Å². The van der Waals surface area contributed by atoms with E-state index in [-0.39, 0.29) is 11.3 Å². The van der Waals surface area contributed by atoms with E-state index in [1.165, 1.54) is 17.8 Å². The van der Waals surface area contributed by atoms with Crippen molar-refractivity contribution in [3.63, 3.8) is 0 Å². The van der Waals surface area contributed by atoms with Gasteiger partial charge in [0.15, 0.2) is 0 Å². The highest BCUT2D eigenvalue weighted by Gasteiger charge is 2.19. The fourth-order valence-electron chi connectivity index (χ4n) is 4.78. The van der Waals surface area contributed by atoms with Crippen molar-refractivity contribution in [3.05, 3.63) is 83.2 Å². The van der Waals surface area contributed by atoms with E-state index in [2.05, 4.69) is 63.7 Å². The molecule has 7 heteroatoms. The molecule has 4 aromatic rings. The molecule has 0 amide bonds. The Morgan fingerprint density at radius 2 is 1.44 bits per heavy atom. The third-order valence-corrected chi connectivity index (χ3v) is 6.85. The zero-order valence-corrected chi connectivity index (χ0v) is 20.4. The molecule has 1 aromatic heterocycles. The van der Waals surface area contributed by atoms with Gasteiger partial charge < -0.3 is 14.6 Å². The summed E-state index contributed by atoms with van der Waals surface area (Å²) >= 11 is 0. The molecule has 1 N–H and O–H groups in total. The van der Waals surface area contributed by atoms with Crippen LogP contribution >= 0.6 is 0 Å². The van der Waals surface area contributed by atoms with Gasteiger partial charge in [0.1, 0.15) is 5.75 Å². The molecule has 5 nitrogen and oxygen atoms in total. The maximum absolute atomic E-state index is 12.7. The molecule has 0 aliphatic carbocycles. The van der Waals surface area contributed by atoms with Gasteiger partial charge in [-0.1, -0.05) is 30.3 Å². The van der Waals surface area contributed by atoms with E-state index in [9.17, 15) is 13.6 Å². The SMILES string of the molecule is CC(C)N1CCN(c2ccc(-c3ccc4[nH]c(=O)c(-c5ccc(OC(F)F)cc5)cc4c3)cc2)CC1. The largest absolute Gasteiger partial charge is 0.435 e. The molecule has 0 unspecified atom stereocenters. The van der Waals surface area contributed by atoms with E-state index in [1.54, 1.807) is 12.1 Å². The summed E-state index contributed by atoms with van der Waals surface area (Å²) in [6.07, 6.45) is 0. The number of ether oxygens (including phenoxy) is 1. The first-order valence-corrected chi connectivity index (χ1v) is 12.2. The van der Waals surface area contributed by atoms with Crippen LogP contribution in [0.1, 0.15) is 13.8 Å². The summed E-state index contributed by atoms with van der Waals surface area (Å²) in [7, 11) is 0. The minimum atomic E-state index is -2.89. The number of alkyl halides is 2. The van der Waals surface area contributed by atoms with Crippen molar-refractivity contribution < 1.29 is 13.5 Å². The lowest BCUT2D eigenvalue weighted by molar-refractivity contribution is -0.0498. The number of hydrogen-bond acceptors (Lipinski definition) is 4. The Morgan fingerprint density at radius 3 is 2.08 bits per heavy atom. The van der Waals surface area contributed by atoms with E-state index in [0.717, 1.165) is 48.2 Å². The van der Waals surface area contributed by atoms with Gasteiger partial charge in [0.05, 0.1) is 0 Å². The van der Waals surface area contributed by atoms with Crippen molar-refractivity contribution in [2.75, 3.05) is 31.1 Å². The van der Waals surface area contributed by atoms with Gasteiger partial charge in [-0.05, 0) is 78.4 Å². The molecule has 2 heterocycles. The number of aromatic amines is 1. The number of pyridine rings is 1. The first kappa shape index (κ1) is 24.0. The molecule has 0 bridgehead atoms. The fraction of sp³-hybridized carbons (Fsp3) is 0.276. The second-order valence-corrected chi connectivity index (χ2v) is 9.38. The molecule has 0 saturated carbocycles. The number of fused-ring (bicyclic) bond motifs is 1. The molecule has 0 radical (unpaired) electrons. The summed E-state index contributed by atoms with van der Waals surface area (Å²) in [4.78, 5) is 20.5. The average Bonchev–Trinajstić information content (AvgIpc) is 2.88. The predicted molar refractivity (Wildman–Crippen MR) is 141 cm³/mol. The van der Waals surface area contributed by atoms with Gasteiger partial charge in [-0.3, -0.25) is 9.69 Å². The molecule has 1 aliphatic heterocycles. The highest BCUT2D eigenvalue weighted by molar-refractivity contribution is 5.88. The quantitative estimate of drug-likeness (QED) is 0.361. The molecule has 1 saturated heterocycles. The van der Waals surface area contributed by atoms with Crippen molar-refractivity contribution >= 4 is 16.6 Å². The zero-order chi connectivity index (χ0) is 25.2. The summed E-state index contributed by atoms with van der Waals surface area (Å²) in [5.74, 6) is 0.0542. The number of piperazine rings is 1. The van der Waals surface area contributed by atoms with Crippen LogP contribution in [-0.4, -0.2) is 48.7 Å². The Hall–Kier alpha value is -3.71. The van der Waals surface area contributed by atoms with Crippen LogP contribution in [-0.2, 0) is 0 Å². The van der Waals surface area contributed by atoms with Gasteiger partial charge in [-0.25, -0.2) is 0 Å². The maximum Gasteiger partial charge on any atom is 0.387 e. The highest BCUT2D eigenvalue weighted by atomic mass is 19.3. The van der Waals surface area contributed by atoms with E-state index in [4.69, 9.17) is 0 Å². The average molecular weight is 490 g/mol. The second kappa shape index (κ2) is 10.1. The number of anilines is 1. The number of aromatic nitrogens is 1. The van der Waals surface area contributed by atoms with E-state index < -0.39 is 6.61 Å². The number of nitrogens with zero attached hydrogens (tertiary/aromatic N) is 2. The van der Waals surface area contributed by atoms with Crippen molar-refractivity contribution in [3.8, 4) is 28.0 Å². The monoisotopic (exact) mass is 489 g/mol. The normalized spacial score (nSPS) is 14.7. The summed E-state index contributed by atoms with van der Waals surface area (Å²) in [6.45, 7) is 5.81. The summed E-state index contributed by atoms with van der Waals surface area (Å²) in [5, 5.41) is 0.892. The fourth-order valence-corrected chi connectivity index (χ4v) is 4.78. The maximum atomic E-state index is 12.7. The molecule has 0 spiro atoms. The van der Waals surface area contributed by atoms with Gasteiger partial charge in [-0.2, -0.15) is 8.78 Å². The van der Waals surface area contributed by atoms with Crippen LogP contribution < -0.4 is 15.2 Å². The third-order valence-electron chi connectivity index (χ3n) is 6.85. The number of nitrogens with one attached hydrogen (secondary N) is 1. The number of benzene rings is 3. The van der Waals surface area contributed by atoms with E-state index in [0.29, 0.717) is 17.2 Å². The number of H-pyrrole nitrogens is 1. The Balaban J connectivity index is 1.38. The number of rotatable bonds is 6. The third kappa shape index (κ3) is 5.11. The first-order valence-electron chi connectivity index (χ1n) is 12.2. The van der Waals surface area contributed by atoms with Crippen LogP contribution in [0.5, 0.6) is 5.75 Å². The van der Waals surface area contributed by atoms with Crippen LogP contribution in [0.15, 0.2) is 77.6 Å². The van der Waals surface area contributed by atoms with Gasteiger partial charge in [0.25, 0.3) is 5.56 Å². The molecule has 1 aliphatic rings. The zero-order valence-electron chi connectivity index (χ0n) is 20.4. The Bertz CT molecular complexity index is 1390. The molecule has 0 atom stereocenters. The summed E-state index contributed by atoms with van der Waals surface area (Å²) in [6, 6.07) is 23.1. The van der Waals surface area contributed by atoms with Crippen LogP contribution in [0.2, 0.25) is 0 Å².